The van der Waals surface area contributed by atoms with Crippen molar-refractivity contribution >= 4 is 0 Å². The molecule has 1 heterocycles. The Kier molecular flexibility index (Phi) is 2.00. The van der Waals surface area contributed by atoms with E-state index in [0.29, 0.717) is 6.04 Å². The first-order valence-corrected chi connectivity index (χ1v) is 3.77. The number of rotatable bonds is 1. The first kappa shape index (κ1) is 7.61. The van der Waals surface area contributed by atoms with Crippen molar-refractivity contribution in [2.45, 2.75) is 25.8 Å². The minimum absolute atomic E-state index is 0.641. The Morgan fingerprint density at radius 3 is 2.40 bits per heavy atom. The lowest BCUT2D eigenvalue weighted by molar-refractivity contribution is 0.0490. The quantitative estimate of drug-likeness (QED) is 0.544. The van der Waals surface area contributed by atoms with Crippen molar-refractivity contribution in [1.29, 1.82) is 0 Å². The molecule has 0 radical (unpaired) electrons. The normalized spacial score (nSPS) is 26.6. The van der Waals surface area contributed by atoms with Crippen LogP contribution >= 0.6 is 0 Å². The fraction of sp³-hybridized carbons (Fsp3) is 0.750. The molecule has 1 aliphatic rings. The number of hydrazine groups is 1. The molecule has 1 fully saturated rings. The van der Waals surface area contributed by atoms with Gasteiger partial charge in [0.05, 0.1) is 0 Å². The summed E-state index contributed by atoms with van der Waals surface area (Å²) in [4.78, 5) is 0. The van der Waals surface area contributed by atoms with Gasteiger partial charge >= 0.3 is 0 Å². The van der Waals surface area contributed by atoms with Crippen molar-refractivity contribution in [2.75, 3.05) is 14.1 Å². The van der Waals surface area contributed by atoms with Crippen LogP contribution in [0.5, 0.6) is 0 Å². The Morgan fingerprint density at radius 1 is 1.60 bits per heavy atom. The Morgan fingerprint density at radius 2 is 2.20 bits per heavy atom. The van der Waals surface area contributed by atoms with Crippen LogP contribution in [0.3, 0.4) is 0 Å². The zero-order chi connectivity index (χ0) is 7.72. The minimum atomic E-state index is 0.641. The molecule has 58 valence electrons. The van der Waals surface area contributed by atoms with Crippen LogP contribution in [0.2, 0.25) is 0 Å². The summed E-state index contributed by atoms with van der Waals surface area (Å²) in [6.45, 7) is 6.23. The van der Waals surface area contributed by atoms with E-state index in [0.717, 1.165) is 6.42 Å². The molecule has 0 aromatic rings. The van der Waals surface area contributed by atoms with E-state index in [1.54, 1.807) is 0 Å². The van der Waals surface area contributed by atoms with Gasteiger partial charge < -0.3 is 5.01 Å². The van der Waals surface area contributed by atoms with E-state index in [9.17, 15) is 0 Å². The van der Waals surface area contributed by atoms with Gasteiger partial charge in [0.15, 0.2) is 0 Å². The van der Waals surface area contributed by atoms with Crippen molar-refractivity contribution in [2.24, 2.45) is 0 Å². The van der Waals surface area contributed by atoms with E-state index in [1.165, 1.54) is 12.1 Å². The molecule has 0 spiro atoms. The smallest absolute Gasteiger partial charge is 0.0428 e. The van der Waals surface area contributed by atoms with Gasteiger partial charge in [-0.05, 0) is 19.8 Å². The lowest BCUT2D eigenvalue weighted by Gasteiger charge is -2.31. The van der Waals surface area contributed by atoms with E-state index >= 15 is 0 Å². The molecule has 0 aliphatic carbocycles. The second kappa shape index (κ2) is 2.62. The van der Waals surface area contributed by atoms with Crippen molar-refractivity contribution < 1.29 is 0 Å². The highest BCUT2D eigenvalue weighted by Gasteiger charge is 2.23. The minimum Gasteiger partial charge on any atom is -0.308 e. The fourth-order valence-corrected chi connectivity index (χ4v) is 1.60. The third kappa shape index (κ3) is 1.16. The maximum absolute atomic E-state index is 3.99. The highest BCUT2D eigenvalue weighted by atomic mass is 15.6. The molecular formula is C8H16N2. The van der Waals surface area contributed by atoms with Gasteiger partial charge in [-0.3, -0.25) is 0 Å². The highest BCUT2D eigenvalue weighted by Crippen LogP contribution is 2.25. The molecule has 0 bridgehead atoms. The molecule has 1 saturated heterocycles. The van der Waals surface area contributed by atoms with E-state index in [-0.39, 0.29) is 0 Å². The van der Waals surface area contributed by atoms with E-state index in [2.05, 4.69) is 37.6 Å². The van der Waals surface area contributed by atoms with Crippen LogP contribution in [0.4, 0.5) is 0 Å². The van der Waals surface area contributed by atoms with Crippen LogP contribution in [-0.2, 0) is 0 Å². The Hall–Kier alpha value is -0.500. The second-order valence-corrected chi connectivity index (χ2v) is 3.15. The third-order valence-electron chi connectivity index (χ3n) is 2.02. The van der Waals surface area contributed by atoms with Crippen LogP contribution in [0.25, 0.3) is 0 Å². The van der Waals surface area contributed by atoms with E-state index in [4.69, 9.17) is 0 Å². The van der Waals surface area contributed by atoms with Crippen LogP contribution in [0.1, 0.15) is 19.8 Å². The molecule has 1 unspecified atom stereocenters. The Labute approximate surface area is 63.1 Å². The van der Waals surface area contributed by atoms with Gasteiger partial charge in [0, 0.05) is 25.8 Å². The molecule has 1 aliphatic heterocycles. The van der Waals surface area contributed by atoms with E-state index < -0.39 is 0 Å². The summed E-state index contributed by atoms with van der Waals surface area (Å²) in [6, 6.07) is 0.641. The fourth-order valence-electron chi connectivity index (χ4n) is 1.60. The molecule has 0 N–H and O–H groups in total. The van der Waals surface area contributed by atoms with Gasteiger partial charge in [0.2, 0.25) is 0 Å². The topological polar surface area (TPSA) is 6.48 Å². The summed E-state index contributed by atoms with van der Waals surface area (Å²) >= 11 is 0. The van der Waals surface area contributed by atoms with Crippen molar-refractivity contribution in [3.63, 3.8) is 0 Å². The zero-order valence-electron chi connectivity index (χ0n) is 7.09. The Balaban J connectivity index is 2.63. The summed E-state index contributed by atoms with van der Waals surface area (Å²) < 4.78 is 0. The third-order valence-corrected chi connectivity index (χ3v) is 2.02. The number of hydrogen-bond acceptors (Lipinski definition) is 2. The Bertz CT molecular complexity index is 140. The van der Waals surface area contributed by atoms with Gasteiger partial charge in [0.25, 0.3) is 0 Å². The monoisotopic (exact) mass is 140 g/mol. The first-order chi connectivity index (χ1) is 4.63. The maximum atomic E-state index is 3.99. The van der Waals surface area contributed by atoms with Gasteiger partial charge in [-0.2, -0.15) is 0 Å². The summed E-state index contributed by atoms with van der Waals surface area (Å²) in [5.74, 6) is 0. The summed E-state index contributed by atoms with van der Waals surface area (Å²) in [5.41, 5.74) is 1.25. The molecule has 0 aromatic carbocycles. The zero-order valence-corrected chi connectivity index (χ0v) is 7.09. The predicted molar refractivity (Wildman–Crippen MR) is 43.4 cm³/mol. The maximum Gasteiger partial charge on any atom is 0.0428 e. The van der Waals surface area contributed by atoms with Crippen LogP contribution in [0.15, 0.2) is 12.3 Å². The molecule has 2 heteroatoms. The van der Waals surface area contributed by atoms with Crippen molar-refractivity contribution in [3.8, 4) is 0 Å². The standard InChI is InChI=1S/C8H16N2/c1-7-5-6-8(2)10(7)9(3)4/h8H,1,5-6H2,2-4H3. The highest BCUT2D eigenvalue weighted by molar-refractivity contribution is 5.00. The molecule has 1 rings (SSSR count). The van der Waals surface area contributed by atoms with E-state index in [1.807, 2.05) is 0 Å². The average molecular weight is 140 g/mol. The lowest BCUT2D eigenvalue weighted by Crippen LogP contribution is -2.37. The molecule has 0 saturated carbocycles. The van der Waals surface area contributed by atoms with Crippen LogP contribution in [0, 0.1) is 0 Å². The average Bonchev–Trinajstić information content (AvgIpc) is 2.11. The van der Waals surface area contributed by atoms with Gasteiger partial charge in [-0.1, -0.05) is 6.58 Å². The lowest BCUT2D eigenvalue weighted by atomic mass is 10.2. The number of nitrogens with zero attached hydrogens (tertiary/aromatic N) is 2. The largest absolute Gasteiger partial charge is 0.308 e. The summed E-state index contributed by atoms with van der Waals surface area (Å²) in [7, 11) is 4.12. The van der Waals surface area contributed by atoms with Crippen molar-refractivity contribution in [3.05, 3.63) is 12.3 Å². The molecule has 2 nitrogen and oxygen atoms in total. The van der Waals surface area contributed by atoms with Crippen LogP contribution < -0.4 is 0 Å². The number of hydrogen-bond donors (Lipinski definition) is 0. The number of allylic oxidation sites excluding steroid dienone is 1. The van der Waals surface area contributed by atoms with Gasteiger partial charge in [0.1, 0.15) is 0 Å². The van der Waals surface area contributed by atoms with Gasteiger partial charge in [-0.25, -0.2) is 5.01 Å². The first-order valence-electron chi connectivity index (χ1n) is 3.77. The van der Waals surface area contributed by atoms with Crippen molar-refractivity contribution in [1.82, 2.24) is 10.0 Å². The molecule has 0 aromatic heterocycles. The molecule has 0 amide bonds. The predicted octanol–water partition coefficient (Wildman–Crippen LogP) is 1.46. The second-order valence-electron chi connectivity index (χ2n) is 3.15. The SMILES string of the molecule is C=C1CCC(C)N1N(C)C. The van der Waals surface area contributed by atoms with Crippen LogP contribution in [-0.4, -0.2) is 30.2 Å². The summed E-state index contributed by atoms with van der Waals surface area (Å²) in [6.07, 6.45) is 2.40. The van der Waals surface area contributed by atoms with Gasteiger partial charge in [-0.15, -0.1) is 0 Å². The molecular weight excluding hydrogens is 124 g/mol. The molecule has 10 heavy (non-hydrogen) atoms. The molecule has 1 atom stereocenters. The summed E-state index contributed by atoms with van der Waals surface area (Å²) in [5, 5.41) is 4.36.